The van der Waals surface area contributed by atoms with Crippen molar-refractivity contribution >= 4 is 88.7 Å². The number of nitrogens with one attached hydrogen (secondary N) is 7. The summed E-state index contributed by atoms with van der Waals surface area (Å²) in [5.74, 6) is -13.3. The van der Waals surface area contributed by atoms with Crippen LogP contribution in [-0.2, 0) is 71.9 Å². The maximum atomic E-state index is 14.6. The number of amides is 13. The van der Waals surface area contributed by atoms with Crippen LogP contribution in [0.25, 0.3) is 0 Å². The zero-order valence-electron chi connectivity index (χ0n) is 49.6. The van der Waals surface area contributed by atoms with E-state index in [0.717, 1.165) is 0 Å². The Morgan fingerprint density at radius 3 is 1.26 bits per heavy atom. The van der Waals surface area contributed by atoms with E-state index in [1.54, 1.807) is 0 Å². The van der Waals surface area contributed by atoms with Crippen LogP contribution in [-0.4, -0.2) is 238 Å². The van der Waals surface area contributed by atoms with Crippen molar-refractivity contribution in [3.05, 3.63) is 0 Å². The first-order valence-corrected chi connectivity index (χ1v) is 30.0. The first-order chi connectivity index (χ1) is 41.8. The Morgan fingerprint density at radius 1 is 0.409 bits per heavy atom. The third kappa shape index (κ3) is 21.9. The van der Waals surface area contributed by atoms with Gasteiger partial charge in [0.05, 0.1) is 31.8 Å². The Balaban J connectivity index is 1.45. The molecule has 4 fully saturated rings. The summed E-state index contributed by atoms with van der Waals surface area (Å²) in [4.78, 5) is 203. The van der Waals surface area contributed by atoms with Crippen LogP contribution in [0.4, 0.5) is 0 Å². The van der Waals surface area contributed by atoms with Gasteiger partial charge in [-0.1, -0.05) is 0 Å². The van der Waals surface area contributed by atoms with E-state index in [2.05, 4.69) is 37.2 Å². The number of nitrogens with zero attached hydrogens (tertiary/aromatic N) is 4. The molecule has 4 rings (SSSR count). The third-order valence-electron chi connectivity index (χ3n) is 15.7. The zero-order valence-corrected chi connectivity index (χ0v) is 49.6. The number of nitrogens with two attached hydrogens (primary N) is 6. The highest BCUT2D eigenvalue weighted by molar-refractivity contribution is 6.00. The molecular formula is C54H89N17O17. The highest BCUT2D eigenvalue weighted by Gasteiger charge is 2.46. The first-order valence-electron chi connectivity index (χ1n) is 30.0. The Bertz CT molecular complexity index is 2540. The van der Waals surface area contributed by atoms with Crippen LogP contribution in [0.2, 0.25) is 0 Å². The fraction of sp³-hybridized carbons (Fsp3) is 0.722. The van der Waals surface area contributed by atoms with Crippen LogP contribution in [0, 0.1) is 0 Å². The summed E-state index contributed by atoms with van der Waals surface area (Å²) >= 11 is 0. The molecule has 0 radical (unpaired) electrons. The molecule has 13 amide bonds. The van der Waals surface area contributed by atoms with Gasteiger partial charge < -0.3 is 101 Å². The maximum Gasteiger partial charge on any atom is 0.322 e. The molecule has 34 nitrogen and oxygen atoms in total. The van der Waals surface area contributed by atoms with Gasteiger partial charge in [0.2, 0.25) is 76.8 Å². The number of carboxylic acids is 2. The molecule has 0 spiro atoms. The van der Waals surface area contributed by atoms with Gasteiger partial charge in [-0.05, 0) is 129 Å². The second kappa shape index (κ2) is 36.3. The van der Waals surface area contributed by atoms with E-state index in [1.165, 1.54) is 19.6 Å². The highest BCUT2D eigenvalue weighted by atomic mass is 16.4. The van der Waals surface area contributed by atoms with Gasteiger partial charge in [-0.25, -0.2) is 0 Å². The van der Waals surface area contributed by atoms with E-state index in [9.17, 15) is 71.9 Å². The molecule has 4 heterocycles. The fourth-order valence-electron chi connectivity index (χ4n) is 11.2. The summed E-state index contributed by atoms with van der Waals surface area (Å²) in [6.07, 6.45) is 2.62. The van der Waals surface area contributed by atoms with Crippen LogP contribution in [0.1, 0.15) is 128 Å². The number of rotatable bonds is 37. The standard InChI is InChI=1S/C54H89N17O17/c55-18-4-1-11-31(46(80)61-28-42(74)68-21-9-16-38(68)53(87)69-22-8-15-37(69)51(85)67-34(26-40(59)72)47(81)62-29-44(77)78)63-48(82)32(12-2-5-19-56)64-50(84)36-14-7-23-70(36)54(88)39-17-10-24-71(39)52(86)33(13-3-6-20-57)65-49(83)35(27-41(60)73)66-45(79)30(58)25-43(75)76/h30-39H,1-29,55-58H2,(H2,59,72)(H2,60,73)(H,61,80)(H,62,81)(H,63,82)(H,64,84)(H,65,83)(H,66,79)(H,67,85)(H,75,76)(H,77,78)/t30-,31-,32-,33-,34-,35-,36-,37-,38-,39-/m0/s1. The second-order valence-electron chi connectivity index (χ2n) is 22.3. The average Bonchev–Trinajstić information content (AvgIpc) is 1.87. The number of aliphatic carboxylic acids is 2. The minimum atomic E-state index is -1.65. The molecule has 4 saturated heterocycles. The van der Waals surface area contributed by atoms with E-state index >= 15 is 0 Å². The largest absolute Gasteiger partial charge is 0.481 e. The number of carbonyl (C=O) groups is 15. The van der Waals surface area contributed by atoms with Crippen molar-refractivity contribution in [1.82, 2.24) is 56.8 Å². The molecule has 88 heavy (non-hydrogen) atoms. The van der Waals surface area contributed by atoms with Gasteiger partial charge in [-0.2, -0.15) is 0 Å². The molecule has 21 N–H and O–H groups in total. The normalized spacial score (nSPS) is 20.1. The lowest BCUT2D eigenvalue weighted by molar-refractivity contribution is -0.148. The number of hydrogen-bond acceptors (Lipinski definition) is 19. The van der Waals surface area contributed by atoms with E-state index in [-0.39, 0.29) is 90.8 Å². The van der Waals surface area contributed by atoms with Gasteiger partial charge in [-0.3, -0.25) is 71.9 Å². The molecule has 4 aliphatic heterocycles. The molecule has 34 heteroatoms. The summed E-state index contributed by atoms with van der Waals surface area (Å²) < 4.78 is 0. The van der Waals surface area contributed by atoms with Crippen molar-refractivity contribution in [3.8, 4) is 0 Å². The predicted molar refractivity (Wildman–Crippen MR) is 309 cm³/mol. The molecule has 0 aliphatic carbocycles. The molecule has 0 saturated carbocycles. The summed E-state index contributed by atoms with van der Waals surface area (Å²) in [5.41, 5.74) is 33.6. The molecule has 0 aromatic carbocycles. The average molecular weight is 1250 g/mol. The van der Waals surface area contributed by atoms with Crippen molar-refractivity contribution in [2.24, 2.45) is 34.4 Å². The molecule has 4 aliphatic rings. The van der Waals surface area contributed by atoms with Gasteiger partial charge in [0.25, 0.3) is 0 Å². The second-order valence-corrected chi connectivity index (χ2v) is 22.3. The minimum absolute atomic E-state index is 0.0217. The SMILES string of the molecule is NCCCC[C@H](NC(=O)[C@H](CCCCN)NC(=O)[C@@H]1CCCN1C(=O)[C@@H]1CCCN1C(=O)[C@H](CCCCN)NC(=O)[C@H](CC(N)=O)NC(=O)[C@@H](N)CC(=O)O)C(=O)NCC(=O)N1CCC[C@H]1C(=O)N1CCC[C@H]1C(=O)N[C@@H](CC(N)=O)C(=O)NCC(=O)O. The quantitative estimate of drug-likeness (QED) is 0.0257. The Morgan fingerprint density at radius 2 is 0.784 bits per heavy atom. The zero-order chi connectivity index (χ0) is 65.2. The van der Waals surface area contributed by atoms with Gasteiger partial charge >= 0.3 is 11.9 Å². The maximum absolute atomic E-state index is 14.6. The number of unbranched alkanes of at least 4 members (excludes halogenated alkanes) is 3. The highest BCUT2D eigenvalue weighted by Crippen LogP contribution is 2.28. The lowest BCUT2D eigenvalue weighted by atomic mass is 10.0. The van der Waals surface area contributed by atoms with Gasteiger partial charge in [0, 0.05) is 26.2 Å². The molecular weight excluding hydrogens is 1160 g/mol. The predicted octanol–water partition coefficient (Wildman–Crippen LogP) is -7.37. The smallest absolute Gasteiger partial charge is 0.322 e. The number of carboxylic acid groups (broad SMARTS) is 2. The van der Waals surface area contributed by atoms with E-state index in [0.29, 0.717) is 64.2 Å². The Labute approximate surface area is 508 Å². The van der Waals surface area contributed by atoms with E-state index in [1.807, 2.05) is 0 Å². The minimum Gasteiger partial charge on any atom is -0.481 e. The third-order valence-corrected chi connectivity index (χ3v) is 15.7. The summed E-state index contributed by atoms with van der Waals surface area (Å²) in [5, 5.41) is 35.4. The molecule has 0 bridgehead atoms. The molecule has 0 aromatic heterocycles. The van der Waals surface area contributed by atoms with Crippen molar-refractivity contribution in [3.63, 3.8) is 0 Å². The summed E-state index contributed by atoms with van der Waals surface area (Å²) in [7, 11) is 0. The Hall–Kier alpha value is -8.11. The van der Waals surface area contributed by atoms with Crippen LogP contribution < -0.4 is 71.6 Å². The summed E-state index contributed by atoms with van der Waals surface area (Å²) in [6, 6.07) is -12.9. The van der Waals surface area contributed by atoms with Gasteiger partial charge in [-0.15, -0.1) is 0 Å². The van der Waals surface area contributed by atoms with Crippen molar-refractivity contribution < 1.29 is 82.1 Å². The van der Waals surface area contributed by atoms with Crippen LogP contribution in [0.3, 0.4) is 0 Å². The van der Waals surface area contributed by atoms with Gasteiger partial charge in [0.1, 0.15) is 60.9 Å². The van der Waals surface area contributed by atoms with Crippen LogP contribution in [0.15, 0.2) is 0 Å². The lowest BCUT2D eigenvalue weighted by Gasteiger charge is -2.33. The van der Waals surface area contributed by atoms with Crippen LogP contribution in [0.5, 0.6) is 0 Å². The van der Waals surface area contributed by atoms with Crippen LogP contribution >= 0.6 is 0 Å². The molecule has 0 unspecified atom stereocenters. The first kappa shape index (κ1) is 72.4. The number of likely N-dealkylation sites (tertiary alicyclic amines) is 4. The monoisotopic (exact) mass is 1250 g/mol. The lowest BCUT2D eigenvalue weighted by Crippen LogP contribution is -2.59. The molecule has 0 aromatic rings. The Kier molecular flexibility index (Phi) is 29.8. The molecule has 10 atom stereocenters. The van der Waals surface area contributed by atoms with Crippen molar-refractivity contribution in [2.45, 2.75) is 189 Å². The fourth-order valence-corrected chi connectivity index (χ4v) is 11.2. The number of carbonyl (C=O) groups excluding carboxylic acids is 13. The van der Waals surface area contributed by atoms with Crippen molar-refractivity contribution in [2.75, 3.05) is 58.9 Å². The van der Waals surface area contributed by atoms with Gasteiger partial charge in [0.15, 0.2) is 0 Å². The molecule has 492 valence electrons. The number of hydrogen-bond donors (Lipinski definition) is 15. The topological polar surface area (TPSA) is 550 Å². The van der Waals surface area contributed by atoms with Crippen molar-refractivity contribution in [1.29, 1.82) is 0 Å². The van der Waals surface area contributed by atoms with E-state index in [4.69, 9.17) is 44.6 Å². The summed E-state index contributed by atoms with van der Waals surface area (Å²) in [6.45, 7) is -0.223. The van der Waals surface area contributed by atoms with E-state index < -0.39 is 182 Å². The number of primary amides is 2.